The van der Waals surface area contributed by atoms with Crippen LogP contribution in [0.4, 0.5) is 4.39 Å². The molecule has 0 saturated carbocycles. The van der Waals surface area contributed by atoms with E-state index in [1.807, 2.05) is 6.07 Å². The monoisotopic (exact) mass is 807 g/mol. The third kappa shape index (κ3) is 9.34. The van der Waals surface area contributed by atoms with Crippen molar-refractivity contribution in [1.29, 1.82) is 0 Å². The third-order valence-corrected chi connectivity index (χ3v) is 10.4. The van der Waals surface area contributed by atoms with Crippen molar-refractivity contribution >= 4 is 46.4 Å². The number of aryl methyl sites for hydroxylation is 1. The first-order chi connectivity index (χ1) is 27.5. The summed E-state index contributed by atoms with van der Waals surface area (Å²) in [5.74, 6) is -4.27. The van der Waals surface area contributed by atoms with Crippen molar-refractivity contribution < 1.29 is 47.7 Å². The molecule has 4 heterocycles. The summed E-state index contributed by atoms with van der Waals surface area (Å²) in [5.41, 5.74) is 1.43. The average molecular weight is 808 g/mol. The molecule has 1 aromatic carbocycles. The molecule has 0 radical (unpaired) electrons. The number of aromatic nitrogens is 2. The van der Waals surface area contributed by atoms with Crippen molar-refractivity contribution in [1.82, 2.24) is 36.1 Å². The molecule has 2 aliphatic heterocycles. The molecule has 58 heavy (non-hydrogen) atoms. The molecule has 0 aliphatic carbocycles. The number of ether oxygens (including phenoxy) is 2. The highest BCUT2D eigenvalue weighted by Gasteiger charge is 2.45. The molecule has 5 rings (SSSR count). The lowest BCUT2D eigenvalue weighted by molar-refractivity contribution is -0.172. The smallest absolute Gasteiger partial charge is 0.343 e. The predicted octanol–water partition coefficient (Wildman–Crippen LogP) is 0.838. The van der Waals surface area contributed by atoms with E-state index >= 15 is 4.39 Å². The summed E-state index contributed by atoms with van der Waals surface area (Å²) >= 11 is 0. The second kappa shape index (κ2) is 18.2. The Kier molecular flexibility index (Phi) is 13.6. The van der Waals surface area contributed by atoms with Gasteiger partial charge < -0.3 is 45.7 Å². The molecule has 312 valence electrons. The fraction of sp³-hybridized carbons (Fsp3) is 0.500. The Bertz CT molecular complexity index is 2210. The van der Waals surface area contributed by atoms with Gasteiger partial charge in [-0.2, -0.15) is 0 Å². The highest BCUT2D eigenvalue weighted by molar-refractivity contribution is 5.94. The number of fused-ring (bicyclic) bond motifs is 5. The summed E-state index contributed by atoms with van der Waals surface area (Å²) in [6, 6.07) is 2.95. The Hall–Kier alpha value is -5.75. The number of cyclic esters (lactones) is 1. The quantitative estimate of drug-likeness (QED) is 0.0497. The topological polar surface area (TPSA) is 236 Å². The number of pyridine rings is 2. The van der Waals surface area contributed by atoms with Gasteiger partial charge in [-0.3, -0.25) is 28.8 Å². The molecule has 0 fully saturated rings. The summed E-state index contributed by atoms with van der Waals surface area (Å²) in [4.78, 5) is 91.5. The number of benzene rings is 1. The standard InChI is InChI=1S/C40H50FN7O10/c1-7-40(56)28-13-31-35-24(17-48(31)38(54)27(28)18-58-39(40)55)12-26-25(21(4)29(41)14-30(26)46-35)10-8-9-11-57-19-44-36(52)22(5)45-37(53)34(20(2)3)47-33(51)16-43-32(50)15-42-23(6)49/h12-14,20,22,34,56H,7-11,15-19H2,1-6H3,(H,42,49)(H,43,50)(H,44,52)(H,45,53)(H,47,51)/t22-,34-,40-/m0/s1. The number of hydrogen-bond donors (Lipinski definition) is 6. The molecular formula is C40H50FN7O10. The number of nitrogens with one attached hydrogen (secondary N) is 5. The second-order valence-corrected chi connectivity index (χ2v) is 14.9. The number of esters is 1. The Morgan fingerprint density at radius 3 is 2.41 bits per heavy atom. The van der Waals surface area contributed by atoms with Crippen LogP contribution in [0, 0.1) is 18.7 Å². The van der Waals surface area contributed by atoms with Gasteiger partial charge in [-0.05, 0) is 68.7 Å². The van der Waals surface area contributed by atoms with Gasteiger partial charge in [0, 0.05) is 36.1 Å². The number of hydrogen-bond acceptors (Lipinski definition) is 11. The molecule has 0 spiro atoms. The third-order valence-electron chi connectivity index (χ3n) is 10.4. The predicted molar refractivity (Wildman–Crippen MR) is 207 cm³/mol. The second-order valence-electron chi connectivity index (χ2n) is 14.9. The van der Waals surface area contributed by atoms with E-state index in [1.54, 1.807) is 33.8 Å². The fourth-order valence-electron chi connectivity index (χ4n) is 7.01. The van der Waals surface area contributed by atoms with Crippen LogP contribution < -0.4 is 32.1 Å². The van der Waals surface area contributed by atoms with E-state index in [0.29, 0.717) is 41.7 Å². The maximum Gasteiger partial charge on any atom is 0.343 e. The number of nitrogens with zero attached hydrogens (tertiary/aromatic N) is 2. The zero-order chi connectivity index (χ0) is 42.5. The van der Waals surface area contributed by atoms with Gasteiger partial charge in [0.05, 0.1) is 42.1 Å². The van der Waals surface area contributed by atoms with Crippen LogP contribution in [0.3, 0.4) is 0 Å². The number of unbranched alkanes of at least 4 members (excludes halogenated alkanes) is 1. The van der Waals surface area contributed by atoms with Crippen LogP contribution >= 0.6 is 0 Å². The molecule has 6 N–H and O–H groups in total. The van der Waals surface area contributed by atoms with Gasteiger partial charge in [0.1, 0.15) is 31.2 Å². The molecule has 0 saturated heterocycles. The summed E-state index contributed by atoms with van der Waals surface area (Å²) in [6.07, 6.45) is 1.72. The summed E-state index contributed by atoms with van der Waals surface area (Å²) < 4.78 is 27.6. The highest BCUT2D eigenvalue weighted by atomic mass is 19.1. The SMILES string of the molecule is CC[C@@]1(O)C(=O)OCc2c1cc1n(c2=O)Cc2cc3c(CCCCOCNC(=O)[C@H](C)NC(=O)[C@@H](NC(=O)CNC(=O)CNC(C)=O)C(C)C)c(C)c(F)cc3nc2-1. The van der Waals surface area contributed by atoms with Gasteiger partial charge in [-0.15, -0.1) is 0 Å². The molecule has 2 aromatic heterocycles. The maximum absolute atomic E-state index is 15.3. The van der Waals surface area contributed by atoms with E-state index in [1.165, 1.54) is 24.5 Å². The Morgan fingerprint density at radius 1 is 1.00 bits per heavy atom. The van der Waals surface area contributed by atoms with Crippen molar-refractivity contribution in [2.24, 2.45) is 5.92 Å². The first kappa shape index (κ1) is 43.4. The first-order valence-electron chi connectivity index (χ1n) is 19.2. The minimum absolute atomic E-state index is 0.0193. The minimum atomic E-state index is -1.95. The summed E-state index contributed by atoms with van der Waals surface area (Å²) in [7, 11) is 0. The number of amides is 5. The molecule has 0 unspecified atom stereocenters. The zero-order valence-corrected chi connectivity index (χ0v) is 33.4. The van der Waals surface area contributed by atoms with E-state index in [-0.39, 0.29) is 62.1 Å². The number of halogens is 1. The summed E-state index contributed by atoms with van der Waals surface area (Å²) in [5, 5.41) is 24.3. The van der Waals surface area contributed by atoms with E-state index < -0.39 is 65.6 Å². The van der Waals surface area contributed by atoms with Crippen molar-refractivity contribution in [3.05, 3.63) is 62.2 Å². The van der Waals surface area contributed by atoms with Gasteiger partial charge in [0.15, 0.2) is 5.60 Å². The fourth-order valence-corrected chi connectivity index (χ4v) is 7.01. The van der Waals surface area contributed by atoms with Gasteiger partial charge in [0.25, 0.3) is 5.56 Å². The van der Waals surface area contributed by atoms with Crippen LogP contribution in [0.2, 0.25) is 0 Å². The Morgan fingerprint density at radius 2 is 1.72 bits per heavy atom. The Labute approximate surface area is 333 Å². The van der Waals surface area contributed by atoms with E-state index in [9.17, 15) is 38.7 Å². The zero-order valence-electron chi connectivity index (χ0n) is 33.4. The van der Waals surface area contributed by atoms with E-state index in [2.05, 4.69) is 26.6 Å². The van der Waals surface area contributed by atoms with Gasteiger partial charge in [-0.25, -0.2) is 14.2 Å². The first-order valence-corrected chi connectivity index (χ1v) is 19.2. The van der Waals surface area contributed by atoms with Crippen molar-refractivity contribution in [2.45, 2.75) is 98.1 Å². The number of aliphatic hydroxyl groups is 1. The van der Waals surface area contributed by atoms with Crippen LogP contribution in [0.15, 0.2) is 23.0 Å². The van der Waals surface area contributed by atoms with Crippen LogP contribution in [0.25, 0.3) is 22.3 Å². The average Bonchev–Trinajstić information content (AvgIpc) is 3.54. The van der Waals surface area contributed by atoms with Crippen molar-refractivity contribution in [3.63, 3.8) is 0 Å². The number of carbonyl (C=O) groups is 6. The van der Waals surface area contributed by atoms with Crippen molar-refractivity contribution in [3.8, 4) is 11.4 Å². The van der Waals surface area contributed by atoms with Crippen LogP contribution in [-0.4, -0.2) is 88.7 Å². The van der Waals surface area contributed by atoms with Crippen LogP contribution in [0.1, 0.15) is 81.7 Å². The molecule has 5 amide bonds. The van der Waals surface area contributed by atoms with E-state index in [0.717, 1.165) is 16.5 Å². The number of rotatable bonds is 17. The van der Waals surface area contributed by atoms with Crippen molar-refractivity contribution in [2.75, 3.05) is 26.4 Å². The lowest BCUT2D eigenvalue weighted by Gasteiger charge is -2.31. The summed E-state index contributed by atoms with van der Waals surface area (Å²) in [6.45, 7) is 8.93. The minimum Gasteiger partial charge on any atom is -0.458 e. The molecule has 3 aromatic rings. The van der Waals surface area contributed by atoms with E-state index in [4.69, 9.17) is 14.5 Å². The number of carbonyl (C=O) groups excluding carboxylic acids is 6. The molecule has 0 bridgehead atoms. The van der Waals surface area contributed by atoms with Gasteiger partial charge >= 0.3 is 5.97 Å². The molecule has 18 heteroatoms. The molecule has 17 nitrogen and oxygen atoms in total. The molecular weight excluding hydrogens is 757 g/mol. The maximum atomic E-state index is 15.3. The van der Waals surface area contributed by atoms with Gasteiger partial charge in [0.2, 0.25) is 29.5 Å². The van der Waals surface area contributed by atoms with Crippen LogP contribution in [0.5, 0.6) is 0 Å². The van der Waals surface area contributed by atoms with Crippen LogP contribution in [-0.2, 0) is 63.4 Å². The molecule has 3 atom stereocenters. The van der Waals surface area contributed by atoms with Gasteiger partial charge in [-0.1, -0.05) is 20.8 Å². The lowest BCUT2D eigenvalue weighted by atomic mass is 9.86. The molecule has 2 aliphatic rings. The Balaban J connectivity index is 1.11. The highest BCUT2D eigenvalue weighted by Crippen LogP contribution is 2.39. The normalized spacial score (nSPS) is 16.4. The largest absolute Gasteiger partial charge is 0.458 e. The lowest BCUT2D eigenvalue weighted by Crippen LogP contribution is -2.56.